The standard InChI is InChI=1S/C13H23N3O3/c1-16-6-5-9(8-16)7-14-13(19)15-11-4-2-3-10(11)12(17)18/h9-11H,2-8H2,1H3,(H,17,18)(H2,14,15,19). The minimum Gasteiger partial charge on any atom is -0.481 e. The third kappa shape index (κ3) is 3.83. The van der Waals surface area contributed by atoms with Gasteiger partial charge >= 0.3 is 12.0 Å². The van der Waals surface area contributed by atoms with E-state index in [-0.39, 0.29) is 12.1 Å². The Balaban J connectivity index is 1.70. The van der Waals surface area contributed by atoms with E-state index in [1.807, 2.05) is 0 Å². The van der Waals surface area contributed by atoms with Crippen LogP contribution < -0.4 is 10.6 Å². The molecule has 1 aliphatic heterocycles. The fourth-order valence-corrected chi connectivity index (χ4v) is 3.08. The molecular weight excluding hydrogens is 246 g/mol. The van der Waals surface area contributed by atoms with Gasteiger partial charge < -0.3 is 20.6 Å². The number of urea groups is 1. The van der Waals surface area contributed by atoms with Crippen LogP contribution >= 0.6 is 0 Å². The Morgan fingerprint density at radius 1 is 1.32 bits per heavy atom. The largest absolute Gasteiger partial charge is 0.481 e. The molecule has 2 fully saturated rings. The average molecular weight is 269 g/mol. The van der Waals surface area contributed by atoms with Crippen molar-refractivity contribution in [1.29, 1.82) is 0 Å². The Labute approximate surface area is 113 Å². The van der Waals surface area contributed by atoms with Crippen LogP contribution in [0.25, 0.3) is 0 Å². The van der Waals surface area contributed by atoms with Gasteiger partial charge in [0.1, 0.15) is 0 Å². The highest BCUT2D eigenvalue weighted by atomic mass is 16.4. The van der Waals surface area contributed by atoms with E-state index in [1.54, 1.807) is 0 Å². The van der Waals surface area contributed by atoms with Gasteiger partial charge in [0.05, 0.1) is 5.92 Å². The summed E-state index contributed by atoms with van der Waals surface area (Å²) in [6.45, 7) is 2.76. The van der Waals surface area contributed by atoms with E-state index >= 15 is 0 Å². The molecule has 0 spiro atoms. The summed E-state index contributed by atoms with van der Waals surface area (Å²) in [5, 5.41) is 14.7. The highest BCUT2D eigenvalue weighted by Crippen LogP contribution is 2.25. The second kappa shape index (κ2) is 6.23. The van der Waals surface area contributed by atoms with Crippen LogP contribution in [0, 0.1) is 11.8 Å². The molecule has 1 aliphatic carbocycles. The van der Waals surface area contributed by atoms with Gasteiger partial charge in [-0.2, -0.15) is 0 Å². The Hall–Kier alpha value is -1.30. The van der Waals surface area contributed by atoms with Crippen LogP contribution in [0.15, 0.2) is 0 Å². The molecule has 6 heteroatoms. The molecule has 1 saturated heterocycles. The number of hydrogen-bond acceptors (Lipinski definition) is 3. The molecule has 3 atom stereocenters. The normalized spacial score (nSPS) is 31.3. The highest BCUT2D eigenvalue weighted by Gasteiger charge is 2.33. The number of hydrogen-bond donors (Lipinski definition) is 3. The number of rotatable bonds is 4. The summed E-state index contributed by atoms with van der Waals surface area (Å²) in [6, 6.07) is -0.448. The van der Waals surface area contributed by atoms with Gasteiger partial charge in [-0.25, -0.2) is 4.79 Å². The van der Waals surface area contributed by atoms with Gasteiger partial charge in [0.15, 0.2) is 0 Å². The molecule has 19 heavy (non-hydrogen) atoms. The van der Waals surface area contributed by atoms with Gasteiger partial charge in [-0.15, -0.1) is 0 Å². The number of carbonyl (C=O) groups excluding carboxylic acids is 1. The number of aliphatic carboxylic acids is 1. The van der Waals surface area contributed by atoms with E-state index in [2.05, 4.69) is 22.6 Å². The van der Waals surface area contributed by atoms with Crippen molar-refractivity contribution >= 4 is 12.0 Å². The zero-order valence-electron chi connectivity index (χ0n) is 11.4. The average Bonchev–Trinajstić information content (AvgIpc) is 2.95. The minimum atomic E-state index is -0.805. The maximum atomic E-state index is 11.8. The zero-order chi connectivity index (χ0) is 13.8. The predicted molar refractivity (Wildman–Crippen MR) is 70.9 cm³/mol. The summed E-state index contributed by atoms with van der Waals surface area (Å²) in [7, 11) is 2.08. The molecule has 2 aliphatic rings. The lowest BCUT2D eigenvalue weighted by molar-refractivity contribution is -0.142. The van der Waals surface area contributed by atoms with Crippen LogP contribution in [-0.2, 0) is 4.79 Å². The van der Waals surface area contributed by atoms with E-state index in [9.17, 15) is 9.59 Å². The topological polar surface area (TPSA) is 81.7 Å². The molecule has 0 bridgehead atoms. The van der Waals surface area contributed by atoms with Crippen molar-refractivity contribution in [3.05, 3.63) is 0 Å². The van der Waals surface area contributed by atoms with Crippen molar-refractivity contribution in [2.45, 2.75) is 31.7 Å². The van der Waals surface area contributed by atoms with Crippen LogP contribution in [0.3, 0.4) is 0 Å². The number of amides is 2. The van der Waals surface area contributed by atoms with Crippen LogP contribution in [0.4, 0.5) is 4.79 Å². The molecule has 1 saturated carbocycles. The Morgan fingerprint density at radius 3 is 2.74 bits per heavy atom. The van der Waals surface area contributed by atoms with Gasteiger partial charge in [-0.1, -0.05) is 6.42 Å². The molecule has 108 valence electrons. The summed E-state index contributed by atoms with van der Waals surface area (Å²) < 4.78 is 0. The molecule has 3 N–H and O–H groups in total. The van der Waals surface area contributed by atoms with Crippen LogP contribution in [0.2, 0.25) is 0 Å². The maximum absolute atomic E-state index is 11.8. The van der Waals surface area contributed by atoms with Crippen molar-refractivity contribution in [1.82, 2.24) is 15.5 Å². The lowest BCUT2D eigenvalue weighted by Crippen LogP contribution is -2.46. The first kappa shape index (κ1) is 14.1. The Kier molecular flexibility index (Phi) is 4.63. The Bertz CT molecular complexity index is 348. The van der Waals surface area contributed by atoms with E-state index < -0.39 is 11.9 Å². The van der Waals surface area contributed by atoms with Gasteiger partial charge in [-0.05, 0) is 38.8 Å². The minimum absolute atomic E-state index is 0.219. The van der Waals surface area contributed by atoms with Crippen molar-refractivity contribution in [3.63, 3.8) is 0 Å². The third-order valence-electron chi connectivity index (χ3n) is 4.19. The SMILES string of the molecule is CN1CCC(CNC(=O)NC2CCCC2C(=O)O)C1. The number of likely N-dealkylation sites (tertiary alicyclic amines) is 1. The number of carboxylic acids is 1. The van der Waals surface area contributed by atoms with Gasteiger partial charge in [0, 0.05) is 19.1 Å². The van der Waals surface area contributed by atoms with Crippen LogP contribution in [0.5, 0.6) is 0 Å². The van der Waals surface area contributed by atoms with Crippen molar-refractivity contribution in [2.75, 3.05) is 26.7 Å². The van der Waals surface area contributed by atoms with Crippen molar-refractivity contribution in [2.24, 2.45) is 11.8 Å². The summed E-state index contributed by atoms with van der Waals surface area (Å²) >= 11 is 0. The number of nitrogens with zero attached hydrogens (tertiary/aromatic N) is 1. The molecule has 3 unspecified atom stereocenters. The summed E-state index contributed by atoms with van der Waals surface area (Å²) in [4.78, 5) is 25.0. The van der Waals surface area contributed by atoms with Gasteiger partial charge in [0.2, 0.25) is 0 Å². The second-order valence-electron chi connectivity index (χ2n) is 5.75. The van der Waals surface area contributed by atoms with Gasteiger partial charge in [-0.3, -0.25) is 4.79 Å². The number of carboxylic acid groups (broad SMARTS) is 1. The molecule has 1 heterocycles. The summed E-state index contributed by atoms with van der Waals surface area (Å²) in [5.74, 6) is -0.724. The van der Waals surface area contributed by atoms with E-state index in [0.29, 0.717) is 18.9 Å². The molecule has 6 nitrogen and oxygen atoms in total. The van der Waals surface area contributed by atoms with E-state index in [0.717, 1.165) is 32.4 Å². The molecule has 0 aromatic heterocycles. The first-order valence-electron chi connectivity index (χ1n) is 7.02. The molecule has 2 rings (SSSR count). The smallest absolute Gasteiger partial charge is 0.315 e. The lowest BCUT2D eigenvalue weighted by atomic mass is 10.0. The molecule has 0 radical (unpaired) electrons. The third-order valence-corrected chi connectivity index (χ3v) is 4.19. The lowest BCUT2D eigenvalue weighted by Gasteiger charge is -2.19. The number of nitrogens with one attached hydrogen (secondary N) is 2. The van der Waals surface area contributed by atoms with Gasteiger partial charge in [0.25, 0.3) is 0 Å². The second-order valence-corrected chi connectivity index (χ2v) is 5.75. The fraction of sp³-hybridized carbons (Fsp3) is 0.846. The molecular formula is C13H23N3O3. The molecule has 2 amide bonds. The summed E-state index contributed by atoms with van der Waals surface area (Å²) in [6.07, 6.45) is 3.40. The van der Waals surface area contributed by atoms with Crippen LogP contribution in [-0.4, -0.2) is 54.7 Å². The molecule has 0 aromatic rings. The quantitative estimate of drug-likeness (QED) is 0.694. The Morgan fingerprint density at radius 2 is 2.11 bits per heavy atom. The fourth-order valence-electron chi connectivity index (χ4n) is 3.08. The van der Waals surface area contributed by atoms with Crippen molar-refractivity contribution < 1.29 is 14.7 Å². The maximum Gasteiger partial charge on any atom is 0.315 e. The first-order valence-corrected chi connectivity index (χ1v) is 7.02. The predicted octanol–water partition coefficient (Wildman–Crippen LogP) is 0.491. The van der Waals surface area contributed by atoms with E-state index in [1.165, 1.54) is 0 Å². The van der Waals surface area contributed by atoms with Crippen LogP contribution in [0.1, 0.15) is 25.7 Å². The highest BCUT2D eigenvalue weighted by molar-refractivity contribution is 5.77. The zero-order valence-corrected chi connectivity index (χ0v) is 11.4. The van der Waals surface area contributed by atoms with E-state index in [4.69, 9.17) is 5.11 Å². The monoisotopic (exact) mass is 269 g/mol. The summed E-state index contributed by atoms with van der Waals surface area (Å²) in [5.41, 5.74) is 0. The first-order chi connectivity index (χ1) is 9.06. The van der Waals surface area contributed by atoms with Crippen molar-refractivity contribution in [3.8, 4) is 0 Å². The molecule has 0 aromatic carbocycles. The number of carbonyl (C=O) groups is 2.